The van der Waals surface area contributed by atoms with Crippen molar-refractivity contribution in [1.82, 2.24) is 39.5 Å². The molecule has 4 aromatic rings. The van der Waals surface area contributed by atoms with Gasteiger partial charge in [-0.25, -0.2) is 4.98 Å². The van der Waals surface area contributed by atoms with Crippen LogP contribution < -0.4 is 11.1 Å². The predicted octanol–water partition coefficient (Wildman–Crippen LogP) is 3.25. The molecule has 4 aromatic heterocycles. The Morgan fingerprint density at radius 1 is 1.00 bits per heavy atom. The number of piperidine rings is 1. The van der Waals surface area contributed by atoms with Crippen molar-refractivity contribution in [2.45, 2.75) is 50.6 Å². The summed E-state index contributed by atoms with van der Waals surface area (Å²) in [6, 6.07) is 6.80. The molecule has 0 amide bonds. The van der Waals surface area contributed by atoms with E-state index < -0.39 is 0 Å². The molecule has 2 fully saturated rings. The number of nitrogens with one attached hydrogen (secondary N) is 1. The first-order chi connectivity index (χ1) is 16.6. The number of nitrogen functional groups attached to an aromatic ring is 1. The summed E-state index contributed by atoms with van der Waals surface area (Å²) in [6.07, 6.45) is 12.9. The number of hydrogen-bond donors (Lipinski definition) is 2. The molecule has 5 heterocycles. The van der Waals surface area contributed by atoms with Crippen LogP contribution in [0.2, 0.25) is 0 Å². The van der Waals surface area contributed by atoms with Gasteiger partial charge in [-0.1, -0.05) is 12.8 Å². The second kappa shape index (κ2) is 8.68. The number of fused-ring (bicyclic) bond motifs is 1. The third kappa shape index (κ3) is 3.98. The molecular weight excluding hydrogens is 428 g/mol. The van der Waals surface area contributed by atoms with Crippen LogP contribution in [0.4, 0.5) is 11.6 Å². The molecule has 0 atom stereocenters. The van der Waals surface area contributed by atoms with Crippen LogP contribution in [0.5, 0.6) is 0 Å². The molecule has 0 radical (unpaired) electrons. The van der Waals surface area contributed by atoms with Crippen LogP contribution in [0.1, 0.15) is 44.6 Å². The van der Waals surface area contributed by atoms with Crippen LogP contribution in [-0.4, -0.2) is 65.7 Å². The second-order valence-corrected chi connectivity index (χ2v) is 9.54. The minimum absolute atomic E-state index is 0.400. The normalized spacial score (nSPS) is 18.1. The molecule has 10 heteroatoms. The van der Waals surface area contributed by atoms with Crippen LogP contribution in [0.25, 0.3) is 28.2 Å². The van der Waals surface area contributed by atoms with E-state index in [1.165, 1.54) is 25.7 Å². The Morgan fingerprint density at radius 3 is 2.65 bits per heavy atom. The highest BCUT2D eigenvalue weighted by Crippen LogP contribution is 2.30. The summed E-state index contributed by atoms with van der Waals surface area (Å²) < 4.78 is 3.84. The molecule has 176 valence electrons. The average Bonchev–Trinajstić information content (AvgIpc) is 3.61. The zero-order valence-electron chi connectivity index (χ0n) is 19.4. The number of nitrogens with zero attached hydrogens (tertiary/aromatic N) is 8. The lowest BCUT2D eigenvalue weighted by molar-refractivity contribution is 0.212. The third-order valence-electron chi connectivity index (χ3n) is 7.13. The summed E-state index contributed by atoms with van der Waals surface area (Å²) in [5.41, 5.74) is 9.63. The smallest absolute Gasteiger partial charge is 0.189 e. The molecule has 0 aromatic carbocycles. The molecule has 6 rings (SSSR count). The number of nitrogens with two attached hydrogens (primary N) is 1. The van der Waals surface area contributed by atoms with Crippen LogP contribution in [0, 0.1) is 0 Å². The van der Waals surface area contributed by atoms with Gasteiger partial charge in [0.25, 0.3) is 0 Å². The number of likely N-dealkylation sites (tertiary alicyclic amines) is 1. The van der Waals surface area contributed by atoms with E-state index in [1.54, 1.807) is 10.7 Å². The molecule has 0 spiro atoms. The molecule has 2 aliphatic rings. The molecule has 34 heavy (non-hydrogen) atoms. The van der Waals surface area contributed by atoms with Gasteiger partial charge < -0.3 is 16.0 Å². The standard InChI is InChI=1S/C24H30N10/c1-32-10-8-19(9-11-32)33-15-17(14-27-33)16-12-20(23(25)26-13-16)24-30-29-22-7-6-21(31-34(22)24)28-18-4-2-3-5-18/h6-7,12-15,18-19H,2-5,8-11H2,1H3,(H2,25,26)(H,28,31). The van der Waals surface area contributed by atoms with Crippen LogP contribution in [0.3, 0.4) is 0 Å². The Labute approximate surface area is 198 Å². The van der Waals surface area contributed by atoms with Crippen molar-refractivity contribution < 1.29 is 0 Å². The van der Waals surface area contributed by atoms with Gasteiger partial charge in [0, 0.05) is 29.6 Å². The van der Waals surface area contributed by atoms with Crippen LogP contribution in [0.15, 0.2) is 36.8 Å². The first-order valence-corrected chi connectivity index (χ1v) is 12.1. The van der Waals surface area contributed by atoms with Crippen molar-refractivity contribution >= 4 is 17.3 Å². The van der Waals surface area contributed by atoms with E-state index >= 15 is 0 Å². The summed E-state index contributed by atoms with van der Waals surface area (Å²) in [7, 11) is 2.17. The lowest BCUT2D eigenvalue weighted by Gasteiger charge is -2.28. The fraction of sp³-hybridized carbons (Fsp3) is 0.458. The van der Waals surface area contributed by atoms with Crippen molar-refractivity contribution in [2.24, 2.45) is 0 Å². The lowest BCUT2D eigenvalue weighted by atomic mass is 10.1. The van der Waals surface area contributed by atoms with E-state index in [0.29, 0.717) is 34.9 Å². The Kier molecular flexibility index (Phi) is 5.37. The zero-order chi connectivity index (χ0) is 23.1. The van der Waals surface area contributed by atoms with Crippen molar-refractivity contribution in [3.05, 3.63) is 36.8 Å². The van der Waals surface area contributed by atoms with Crippen molar-refractivity contribution in [1.29, 1.82) is 0 Å². The second-order valence-electron chi connectivity index (χ2n) is 9.54. The maximum atomic E-state index is 6.29. The Bertz CT molecular complexity index is 1290. The van der Waals surface area contributed by atoms with Crippen molar-refractivity contribution in [3.63, 3.8) is 0 Å². The summed E-state index contributed by atoms with van der Waals surface area (Å²) in [6.45, 7) is 2.19. The van der Waals surface area contributed by atoms with Gasteiger partial charge >= 0.3 is 0 Å². The maximum Gasteiger partial charge on any atom is 0.189 e. The number of pyridine rings is 1. The number of rotatable bonds is 5. The molecular formula is C24H30N10. The van der Waals surface area contributed by atoms with E-state index in [9.17, 15) is 0 Å². The van der Waals surface area contributed by atoms with Gasteiger partial charge in [-0.05, 0) is 64.0 Å². The van der Waals surface area contributed by atoms with E-state index in [4.69, 9.17) is 10.8 Å². The highest BCUT2D eigenvalue weighted by molar-refractivity contribution is 5.76. The van der Waals surface area contributed by atoms with Gasteiger partial charge in [0.2, 0.25) is 0 Å². The molecule has 1 aliphatic carbocycles. The highest BCUT2D eigenvalue weighted by atomic mass is 15.4. The largest absolute Gasteiger partial charge is 0.383 e. The lowest BCUT2D eigenvalue weighted by Crippen LogP contribution is -2.31. The molecule has 10 nitrogen and oxygen atoms in total. The summed E-state index contributed by atoms with van der Waals surface area (Å²) in [5.74, 6) is 1.80. The van der Waals surface area contributed by atoms with Gasteiger partial charge in [0.1, 0.15) is 11.6 Å². The van der Waals surface area contributed by atoms with E-state index in [1.807, 2.05) is 24.4 Å². The van der Waals surface area contributed by atoms with Crippen LogP contribution in [-0.2, 0) is 0 Å². The Hall–Kier alpha value is -3.53. The van der Waals surface area contributed by atoms with Gasteiger partial charge in [-0.2, -0.15) is 9.61 Å². The Balaban J connectivity index is 1.31. The van der Waals surface area contributed by atoms with E-state index in [-0.39, 0.29) is 0 Å². The van der Waals surface area contributed by atoms with E-state index in [0.717, 1.165) is 42.9 Å². The summed E-state index contributed by atoms with van der Waals surface area (Å²) >= 11 is 0. The minimum Gasteiger partial charge on any atom is -0.383 e. The van der Waals surface area contributed by atoms with Gasteiger partial charge in [0.15, 0.2) is 11.5 Å². The monoisotopic (exact) mass is 458 g/mol. The summed E-state index contributed by atoms with van der Waals surface area (Å²) in [4.78, 5) is 6.83. The zero-order valence-corrected chi connectivity index (χ0v) is 19.4. The number of anilines is 2. The summed E-state index contributed by atoms with van der Waals surface area (Å²) in [5, 5.41) is 21.7. The van der Waals surface area contributed by atoms with Crippen LogP contribution >= 0.6 is 0 Å². The first-order valence-electron chi connectivity index (χ1n) is 12.1. The Morgan fingerprint density at radius 2 is 1.82 bits per heavy atom. The third-order valence-corrected chi connectivity index (χ3v) is 7.13. The maximum absolute atomic E-state index is 6.29. The molecule has 0 unspecified atom stereocenters. The highest BCUT2D eigenvalue weighted by Gasteiger charge is 2.21. The molecule has 1 saturated carbocycles. The fourth-order valence-electron chi connectivity index (χ4n) is 5.07. The molecule has 0 bridgehead atoms. The van der Waals surface area contributed by atoms with Gasteiger partial charge in [-0.15, -0.1) is 15.3 Å². The van der Waals surface area contributed by atoms with Crippen molar-refractivity contribution in [3.8, 4) is 22.5 Å². The quantitative estimate of drug-likeness (QED) is 0.468. The predicted molar refractivity (Wildman–Crippen MR) is 131 cm³/mol. The molecule has 1 saturated heterocycles. The number of aromatic nitrogens is 7. The topological polar surface area (TPSA) is 115 Å². The first kappa shape index (κ1) is 21.0. The van der Waals surface area contributed by atoms with Gasteiger partial charge in [-0.3, -0.25) is 4.68 Å². The molecule has 3 N–H and O–H groups in total. The van der Waals surface area contributed by atoms with Crippen molar-refractivity contribution in [2.75, 3.05) is 31.2 Å². The SMILES string of the molecule is CN1CCC(n2cc(-c3cnc(N)c(-c4nnc5ccc(NC6CCCC6)nn45)c3)cn2)CC1. The van der Waals surface area contributed by atoms with E-state index in [2.05, 4.69) is 48.4 Å². The number of hydrogen-bond acceptors (Lipinski definition) is 8. The average molecular weight is 459 g/mol. The minimum atomic E-state index is 0.400. The fourth-order valence-corrected chi connectivity index (χ4v) is 5.07. The molecule has 1 aliphatic heterocycles. The van der Waals surface area contributed by atoms with Gasteiger partial charge in [0.05, 0.1) is 17.8 Å².